The highest BCUT2D eigenvalue weighted by Gasteiger charge is 2.45. The fraction of sp³-hybridized carbons (Fsp3) is 0.409. The number of nitrogens with zero attached hydrogens (tertiary/aromatic N) is 1. The standard InChI is InChI=1S/C22H23NO3S2/c1-3-8-26-22(25)19-13(2)23-15-11-14(17-6-4-9-27-17)12-16(24)20(15)21(19)18-7-5-10-28-18/h4-7,9-10,14,19,21H,3,8,11-12H2,1-2H3/t14-,19?,21+/m1/s1. The van der Waals surface area contributed by atoms with Crippen LogP contribution in [0, 0.1) is 5.92 Å². The SMILES string of the molecule is CCCOC(=O)C1C(C)=NC2=C(C(=O)C[C@H](c3cccs3)C2)[C@H]1c1cccs1. The summed E-state index contributed by atoms with van der Waals surface area (Å²) in [5.74, 6) is -0.793. The van der Waals surface area contributed by atoms with Gasteiger partial charge in [0.2, 0.25) is 0 Å². The van der Waals surface area contributed by atoms with Crippen molar-refractivity contribution in [3.8, 4) is 0 Å². The second kappa shape index (κ2) is 8.13. The van der Waals surface area contributed by atoms with E-state index < -0.39 is 5.92 Å². The van der Waals surface area contributed by atoms with Crippen molar-refractivity contribution in [2.45, 2.75) is 44.9 Å². The van der Waals surface area contributed by atoms with Crippen molar-refractivity contribution < 1.29 is 14.3 Å². The van der Waals surface area contributed by atoms with Crippen LogP contribution in [-0.2, 0) is 14.3 Å². The van der Waals surface area contributed by atoms with Crippen LogP contribution < -0.4 is 0 Å². The van der Waals surface area contributed by atoms with Gasteiger partial charge in [-0.15, -0.1) is 22.7 Å². The number of thiophene rings is 2. The quantitative estimate of drug-likeness (QED) is 0.622. The molecule has 1 unspecified atom stereocenters. The maximum Gasteiger partial charge on any atom is 0.315 e. The lowest BCUT2D eigenvalue weighted by molar-refractivity contribution is -0.146. The van der Waals surface area contributed by atoms with Gasteiger partial charge in [0, 0.05) is 45.0 Å². The van der Waals surface area contributed by atoms with Gasteiger partial charge in [-0.2, -0.15) is 0 Å². The van der Waals surface area contributed by atoms with E-state index in [1.165, 1.54) is 4.88 Å². The zero-order chi connectivity index (χ0) is 19.7. The number of rotatable bonds is 5. The lowest BCUT2D eigenvalue weighted by atomic mass is 9.72. The highest BCUT2D eigenvalue weighted by atomic mass is 32.1. The van der Waals surface area contributed by atoms with Crippen LogP contribution in [0.4, 0.5) is 0 Å². The molecule has 6 heteroatoms. The molecule has 2 aromatic rings. The number of esters is 1. The van der Waals surface area contributed by atoms with Crippen molar-refractivity contribution in [3.05, 3.63) is 56.1 Å². The van der Waals surface area contributed by atoms with Crippen molar-refractivity contribution >= 4 is 40.1 Å². The molecule has 0 spiro atoms. The topological polar surface area (TPSA) is 55.7 Å². The first-order valence-corrected chi connectivity index (χ1v) is 11.4. The third-order valence-electron chi connectivity index (χ3n) is 5.39. The number of hydrogen-bond acceptors (Lipinski definition) is 6. The van der Waals surface area contributed by atoms with Gasteiger partial charge < -0.3 is 4.74 Å². The number of aliphatic imine (C=N–C) groups is 1. The molecule has 0 saturated carbocycles. The first-order valence-electron chi connectivity index (χ1n) is 9.65. The van der Waals surface area contributed by atoms with Crippen LogP contribution in [0.25, 0.3) is 0 Å². The first kappa shape index (κ1) is 19.3. The summed E-state index contributed by atoms with van der Waals surface area (Å²) in [5.41, 5.74) is 2.32. The van der Waals surface area contributed by atoms with Gasteiger partial charge in [0.15, 0.2) is 5.78 Å². The number of carbonyl (C=O) groups is 2. The molecule has 2 aromatic heterocycles. The van der Waals surface area contributed by atoms with Gasteiger partial charge in [0.1, 0.15) is 5.92 Å². The van der Waals surface area contributed by atoms with Crippen LogP contribution in [0.2, 0.25) is 0 Å². The van der Waals surface area contributed by atoms with E-state index >= 15 is 0 Å². The van der Waals surface area contributed by atoms with Crippen LogP contribution in [0.5, 0.6) is 0 Å². The summed E-state index contributed by atoms with van der Waals surface area (Å²) < 4.78 is 5.48. The van der Waals surface area contributed by atoms with Gasteiger partial charge in [-0.25, -0.2) is 0 Å². The van der Waals surface area contributed by atoms with Crippen molar-refractivity contribution in [1.82, 2.24) is 0 Å². The second-order valence-corrected chi connectivity index (χ2v) is 9.25. The van der Waals surface area contributed by atoms with Gasteiger partial charge in [-0.3, -0.25) is 14.6 Å². The van der Waals surface area contributed by atoms with Gasteiger partial charge >= 0.3 is 5.97 Å². The van der Waals surface area contributed by atoms with Crippen molar-refractivity contribution in [2.24, 2.45) is 10.9 Å². The summed E-state index contributed by atoms with van der Waals surface area (Å²) in [7, 11) is 0. The Labute approximate surface area is 173 Å². The smallest absolute Gasteiger partial charge is 0.315 e. The lowest BCUT2D eigenvalue weighted by Gasteiger charge is -2.35. The van der Waals surface area contributed by atoms with E-state index in [1.807, 2.05) is 42.8 Å². The maximum absolute atomic E-state index is 13.3. The monoisotopic (exact) mass is 413 g/mol. The van der Waals surface area contributed by atoms with E-state index in [-0.39, 0.29) is 23.6 Å². The molecule has 28 heavy (non-hydrogen) atoms. The maximum atomic E-state index is 13.3. The first-order chi connectivity index (χ1) is 13.6. The fourth-order valence-corrected chi connectivity index (χ4v) is 5.86. The Balaban J connectivity index is 1.75. The predicted octanol–water partition coefficient (Wildman–Crippen LogP) is 5.34. The van der Waals surface area contributed by atoms with Crippen LogP contribution in [-0.4, -0.2) is 24.1 Å². The Morgan fingerprint density at radius 3 is 2.54 bits per heavy atom. The fourth-order valence-electron chi connectivity index (χ4n) is 4.16. The minimum absolute atomic E-state index is 0.114. The minimum atomic E-state index is -0.522. The third-order valence-corrected chi connectivity index (χ3v) is 7.38. The minimum Gasteiger partial charge on any atom is -0.465 e. The van der Waals surface area contributed by atoms with E-state index in [1.54, 1.807) is 22.7 Å². The van der Waals surface area contributed by atoms with Crippen molar-refractivity contribution in [3.63, 3.8) is 0 Å². The predicted molar refractivity (Wildman–Crippen MR) is 113 cm³/mol. The zero-order valence-corrected chi connectivity index (χ0v) is 17.6. The summed E-state index contributed by atoms with van der Waals surface area (Å²) in [6.45, 7) is 4.25. The number of carbonyl (C=O) groups excluding carboxylic acids is 2. The number of ether oxygens (including phenoxy) is 1. The summed E-state index contributed by atoms with van der Waals surface area (Å²) in [6.07, 6.45) is 2.00. The largest absolute Gasteiger partial charge is 0.465 e. The average molecular weight is 414 g/mol. The van der Waals surface area contributed by atoms with Gasteiger partial charge in [-0.05, 0) is 42.7 Å². The van der Waals surface area contributed by atoms with Crippen molar-refractivity contribution in [2.75, 3.05) is 6.61 Å². The average Bonchev–Trinajstić information content (AvgIpc) is 3.38. The molecule has 146 valence electrons. The van der Waals surface area contributed by atoms with Gasteiger partial charge in [-0.1, -0.05) is 19.1 Å². The molecule has 0 saturated heterocycles. The van der Waals surface area contributed by atoms with Gasteiger partial charge in [0.25, 0.3) is 0 Å². The Bertz CT molecular complexity index is 925. The summed E-state index contributed by atoms with van der Waals surface area (Å²) in [6, 6.07) is 8.10. The van der Waals surface area contributed by atoms with Crippen LogP contribution in [0.3, 0.4) is 0 Å². The highest BCUT2D eigenvalue weighted by molar-refractivity contribution is 7.10. The van der Waals surface area contributed by atoms with Gasteiger partial charge in [0.05, 0.1) is 6.61 Å². The van der Waals surface area contributed by atoms with Crippen LogP contribution in [0.1, 0.15) is 54.7 Å². The molecular formula is C22H23NO3S2. The molecule has 2 aliphatic rings. The number of hydrogen-bond donors (Lipinski definition) is 0. The third kappa shape index (κ3) is 3.51. The van der Waals surface area contributed by atoms with E-state index in [0.717, 1.165) is 34.7 Å². The molecule has 0 amide bonds. The summed E-state index contributed by atoms with van der Waals surface area (Å²) >= 11 is 3.28. The summed E-state index contributed by atoms with van der Waals surface area (Å²) in [4.78, 5) is 33.2. The number of ketones is 1. The van der Waals surface area contributed by atoms with E-state index in [0.29, 0.717) is 13.0 Å². The highest BCUT2D eigenvalue weighted by Crippen LogP contribution is 2.48. The molecule has 3 atom stereocenters. The lowest BCUT2D eigenvalue weighted by Crippen LogP contribution is -2.37. The molecule has 0 radical (unpaired) electrons. The molecule has 1 aliphatic carbocycles. The van der Waals surface area contributed by atoms with E-state index in [4.69, 9.17) is 9.73 Å². The molecule has 0 fully saturated rings. The molecule has 0 bridgehead atoms. The molecular weight excluding hydrogens is 390 g/mol. The van der Waals surface area contributed by atoms with Crippen LogP contribution in [0.15, 0.2) is 51.3 Å². The second-order valence-electron chi connectivity index (χ2n) is 7.30. The zero-order valence-electron chi connectivity index (χ0n) is 16.0. The Morgan fingerprint density at radius 2 is 1.89 bits per heavy atom. The van der Waals surface area contributed by atoms with Crippen molar-refractivity contribution in [1.29, 1.82) is 0 Å². The van der Waals surface area contributed by atoms with E-state index in [9.17, 15) is 9.59 Å². The van der Waals surface area contributed by atoms with E-state index in [2.05, 4.69) is 6.07 Å². The number of Topliss-reactive ketones (excluding diaryl/α,β-unsaturated/α-hetero) is 1. The molecule has 0 aromatic carbocycles. The molecule has 4 rings (SSSR count). The molecule has 1 aliphatic heterocycles. The molecule has 3 heterocycles. The van der Waals surface area contributed by atoms with Crippen LogP contribution >= 0.6 is 22.7 Å². The Hall–Kier alpha value is -2.05. The summed E-state index contributed by atoms with van der Waals surface area (Å²) in [5, 5.41) is 4.04. The Kier molecular flexibility index (Phi) is 5.60. The molecule has 0 N–H and O–H groups in total. The normalized spacial score (nSPS) is 24.7. The molecule has 4 nitrogen and oxygen atoms in total. The number of allylic oxidation sites excluding steroid dienone is 2. The Morgan fingerprint density at radius 1 is 1.18 bits per heavy atom.